The molecule has 21 heavy (non-hydrogen) atoms. The largest absolute Gasteiger partial charge is 0.475 e. The Balaban J connectivity index is 1.89. The minimum Gasteiger partial charge on any atom is -0.475 e. The van der Waals surface area contributed by atoms with Crippen LogP contribution in [0.25, 0.3) is 0 Å². The van der Waals surface area contributed by atoms with E-state index in [1.54, 1.807) is 16.2 Å². The van der Waals surface area contributed by atoms with Gasteiger partial charge in [-0.15, -0.1) is 11.3 Å². The normalized spacial score (nSPS) is 17.6. The van der Waals surface area contributed by atoms with Crippen molar-refractivity contribution in [2.45, 2.75) is 25.8 Å². The van der Waals surface area contributed by atoms with E-state index in [0.717, 1.165) is 12.8 Å². The Bertz CT molecular complexity index is 687. The first kappa shape index (κ1) is 13.9. The van der Waals surface area contributed by atoms with Gasteiger partial charge in [0.2, 0.25) is 5.76 Å². The SMILES string of the molecule is CCC1c2ccsc2CCN1C(=O)c1ccc(C(=O)O)o1. The Kier molecular flexibility index (Phi) is 3.55. The van der Waals surface area contributed by atoms with Gasteiger partial charge in [0.15, 0.2) is 5.76 Å². The maximum absolute atomic E-state index is 12.6. The van der Waals surface area contributed by atoms with Gasteiger partial charge in [0.05, 0.1) is 6.04 Å². The topological polar surface area (TPSA) is 70.8 Å². The van der Waals surface area contributed by atoms with Gasteiger partial charge in [0.1, 0.15) is 0 Å². The third kappa shape index (κ3) is 2.35. The predicted octanol–water partition coefficient (Wildman–Crippen LogP) is 3.19. The lowest BCUT2D eigenvalue weighted by atomic mass is 9.97. The van der Waals surface area contributed by atoms with E-state index in [0.29, 0.717) is 6.54 Å². The van der Waals surface area contributed by atoms with E-state index in [9.17, 15) is 9.59 Å². The summed E-state index contributed by atoms with van der Waals surface area (Å²) in [4.78, 5) is 26.5. The fraction of sp³-hybridized carbons (Fsp3) is 0.333. The molecule has 0 spiro atoms. The second-order valence-corrected chi connectivity index (χ2v) is 5.94. The molecule has 2 aromatic heterocycles. The van der Waals surface area contributed by atoms with Crippen molar-refractivity contribution in [3.8, 4) is 0 Å². The molecule has 0 fully saturated rings. The van der Waals surface area contributed by atoms with E-state index in [2.05, 4.69) is 11.4 Å². The van der Waals surface area contributed by atoms with Crippen molar-refractivity contribution in [1.82, 2.24) is 4.90 Å². The van der Waals surface area contributed by atoms with Crippen molar-refractivity contribution in [2.75, 3.05) is 6.54 Å². The molecule has 5 nitrogen and oxygen atoms in total. The van der Waals surface area contributed by atoms with Gasteiger partial charge in [0.25, 0.3) is 5.91 Å². The molecular weight excluding hydrogens is 290 g/mol. The molecule has 3 heterocycles. The molecule has 0 radical (unpaired) electrons. The van der Waals surface area contributed by atoms with E-state index in [1.165, 1.54) is 22.6 Å². The molecule has 0 aliphatic carbocycles. The highest BCUT2D eigenvalue weighted by Gasteiger charge is 2.32. The Hall–Kier alpha value is -2.08. The summed E-state index contributed by atoms with van der Waals surface area (Å²) in [5, 5.41) is 10.9. The molecule has 0 aromatic carbocycles. The van der Waals surface area contributed by atoms with Crippen LogP contribution in [0.1, 0.15) is 50.9 Å². The number of carboxylic acid groups (broad SMARTS) is 1. The predicted molar refractivity (Wildman–Crippen MR) is 77.8 cm³/mol. The van der Waals surface area contributed by atoms with Gasteiger partial charge in [-0.1, -0.05) is 6.92 Å². The van der Waals surface area contributed by atoms with E-state index in [4.69, 9.17) is 9.52 Å². The zero-order valence-corrected chi connectivity index (χ0v) is 12.4. The van der Waals surface area contributed by atoms with Gasteiger partial charge in [-0.2, -0.15) is 0 Å². The molecule has 1 amide bonds. The Labute approximate surface area is 125 Å². The second kappa shape index (κ2) is 5.37. The van der Waals surface area contributed by atoms with E-state index < -0.39 is 5.97 Å². The average Bonchev–Trinajstić information content (AvgIpc) is 3.13. The number of carbonyl (C=O) groups excluding carboxylic acids is 1. The first-order valence-corrected chi connectivity index (χ1v) is 7.70. The standard InChI is InChI=1S/C15H15NO4S/c1-2-10-9-6-8-21-13(9)5-7-16(10)14(17)11-3-4-12(20-11)15(18)19/h3-4,6,8,10H,2,5,7H2,1H3,(H,18,19). The number of fused-ring (bicyclic) bond motifs is 1. The molecule has 0 saturated heterocycles. The average molecular weight is 305 g/mol. The van der Waals surface area contributed by atoms with Crippen LogP contribution >= 0.6 is 11.3 Å². The molecule has 3 rings (SSSR count). The van der Waals surface area contributed by atoms with E-state index in [-0.39, 0.29) is 23.5 Å². The van der Waals surface area contributed by atoms with Crippen molar-refractivity contribution in [1.29, 1.82) is 0 Å². The van der Waals surface area contributed by atoms with Crippen LogP contribution in [0.4, 0.5) is 0 Å². The molecule has 2 aromatic rings. The summed E-state index contributed by atoms with van der Waals surface area (Å²) in [6, 6.07) is 4.85. The van der Waals surface area contributed by atoms with Gasteiger partial charge in [-0.3, -0.25) is 4.79 Å². The number of aromatic carboxylic acids is 1. The number of hydrogen-bond donors (Lipinski definition) is 1. The van der Waals surface area contributed by atoms with Gasteiger partial charge in [-0.25, -0.2) is 4.79 Å². The highest BCUT2D eigenvalue weighted by Crippen LogP contribution is 2.36. The molecule has 0 bridgehead atoms. The van der Waals surface area contributed by atoms with Crippen molar-refractivity contribution in [2.24, 2.45) is 0 Å². The number of hydrogen-bond acceptors (Lipinski definition) is 4. The number of amides is 1. The fourth-order valence-corrected chi connectivity index (χ4v) is 3.72. The Morgan fingerprint density at radius 1 is 1.38 bits per heavy atom. The summed E-state index contributed by atoms with van der Waals surface area (Å²) in [6.07, 6.45) is 1.66. The van der Waals surface area contributed by atoms with Gasteiger partial charge < -0.3 is 14.4 Å². The molecule has 1 N–H and O–H groups in total. The summed E-state index contributed by atoms with van der Waals surface area (Å²) in [5.74, 6) is -1.53. The van der Waals surface area contributed by atoms with Crippen molar-refractivity contribution >= 4 is 23.2 Å². The fourth-order valence-electron chi connectivity index (χ4n) is 2.79. The maximum Gasteiger partial charge on any atom is 0.371 e. The molecule has 110 valence electrons. The quantitative estimate of drug-likeness (QED) is 0.945. The number of furan rings is 1. The Morgan fingerprint density at radius 2 is 2.14 bits per heavy atom. The van der Waals surface area contributed by atoms with Crippen LogP contribution in [0, 0.1) is 0 Å². The number of nitrogens with zero attached hydrogens (tertiary/aromatic N) is 1. The van der Waals surface area contributed by atoms with Crippen molar-refractivity contribution in [3.63, 3.8) is 0 Å². The van der Waals surface area contributed by atoms with Crippen LogP contribution < -0.4 is 0 Å². The smallest absolute Gasteiger partial charge is 0.371 e. The summed E-state index contributed by atoms with van der Waals surface area (Å²) in [6.45, 7) is 2.68. The van der Waals surface area contributed by atoms with Crippen LogP contribution in [-0.2, 0) is 6.42 Å². The molecule has 1 aliphatic rings. The summed E-state index contributed by atoms with van der Waals surface area (Å²) in [7, 11) is 0. The molecule has 0 saturated carbocycles. The first-order chi connectivity index (χ1) is 10.1. The lowest BCUT2D eigenvalue weighted by Crippen LogP contribution is -2.39. The number of carbonyl (C=O) groups is 2. The van der Waals surface area contributed by atoms with Gasteiger partial charge in [0, 0.05) is 11.4 Å². The number of rotatable bonds is 3. The zero-order chi connectivity index (χ0) is 15.0. The number of carboxylic acids is 1. The van der Waals surface area contributed by atoms with Crippen LogP contribution in [0.3, 0.4) is 0 Å². The first-order valence-electron chi connectivity index (χ1n) is 6.82. The molecule has 1 aliphatic heterocycles. The van der Waals surface area contributed by atoms with Crippen LogP contribution in [0.5, 0.6) is 0 Å². The van der Waals surface area contributed by atoms with Gasteiger partial charge >= 0.3 is 5.97 Å². The van der Waals surface area contributed by atoms with Crippen LogP contribution in [-0.4, -0.2) is 28.4 Å². The van der Waals surface area contributed by atoms with E-state index in [1.807, 2.05) is 6.92 Å². The van der Waals surface area contributed by atoms with Crippen LogP contribution in [0.15, 0.2) is 28.0 Å². The minimum absolute atomic E-state index is 0.0332. The van der Waals surface area contributed by atoms with Crippen molar-refractivity contribution in [3.05, 3.63) is 45.5 Å². The van der Waals surface area contributed by atoms with Gasteiger partial charge in [-0.05, 0) is 42.0 Å². The molecule has 1 unspecified atom stereocenters. The molecule has 1 atom stereocenters. The zero-order valence-electron chi connectivity index (χ0n) is 11.5. The maximum atomic E-state index is 12.6. The summed E-state index contributed by atoms with van der Waals surface area (Å²) in [5.41, 5.74) is 1.20. The third-order valence-corrected chi connectivity index (χ3v) is 4.77. The third-order valence-electron chi connectivity index (χ3n) is 3.77. The highest BCUT2D eigenvalue weighted by atomic mass is 32.1. The summed E-state index contributed by atoms with van der Waals surface area (Å²) < 4.78 is 5.13. The van der Waals surface area contributed by atoms with Crippen LogP contribution in [0.2, 0.25) is 0 Å². The number of thiophene rings is 1. The van der Waals surface area contributed by atoms with Crippen molar-refractivity contribution < 1.29 is 19.1 Å². The second-order valence-electron chi connectivity index (χ2n) is 4.94. The lowest BCUT2D eigenvalue weighted by Gasteiger charge is -2.34. The highest BCUT2D eigenvalue weighted by molar-refractivity contribution is 7.10. The molecule has 6 heteroatoms. The summed E-state index contributed by atoms with van der Waals surface area (Å²) >= 11 is 1.72. The molecular formula is C15H15NO4S. The van der Waals surface area contributed by atoms with E-state index >= 15 is 0 Å². The lowest BCUT2D eigenvalue weighted by molar-refractivity contribution is 0.0606. The Morgan fingerprint density at radius 3 is 2.81 bits per heavy atom. The monoisotopic (exact) mass is 305 g/mol. The minimum atomic E-state index is -1.17.